The van der Waals surface area contributed by atoms with Gasteiger partial charge in [0.15, 0.2) is 0 Å². The number of sulfonamides is 1. The van der Waals surface area contributed by atoms with Gasteiger partial charge in [-0.15, -0.1) is 0 Å². The number of carbonyl (C=O) groups is 2. The zero-order valence-corrected chi connectivity index (χ0v) is 22.0. The molecule has 0 bridgehead atoms. The van der Waals surface area contributed by atoms with Crippen molar-refractivity contribution in [3.63, 3.8) is 0 Å². The van der Waals surface area contributed by atoms with Crippen LogP contribution < -0.4 is 9.62 Å². The average Bonchev–Trinajstić information content (AvgIpc) is 3.26. The summed E-state index contributed by atoms with van der Waals surface area (Å²) in [6.45, 7) is 3.19. The van der Waals surface area contributed by atoms with Crippen molar-refractivity contribution >= 4 is 37.9 Å². The minimum absolute atomic E-state index is 0.0215. The molecule has 2 heterocycles. The Morgan fingerprint density at radius 3 is 2.54 bits per heavy atom. The lowest BCUT2D eigenvalue weighted by atomic mass is 9.88. The lowest BCUT2D eigenvalue weighted by Gasteiger charge is -2.33. The maximum Gasteiger partial charge on any atom is 0.445 e. The van der Waals surface area contributed by atoms with Crippen molar-refractivity contribution in [1.82, 2.24) is 10.2 Å². The van der Waals surface area contributed by atoms with Crippen LogP contribution in [-0.4, -0.2) is 65.4 Å². The standard InChI is InChI=1S/C26H30FN3O6S/c1-5-30(37(33,34)26(32)35-4)21-14-22-20(13-19(21)17-7-6-12-29(3)15-17)23(25(31)28-2)24(36-22)16-8-10-18(27)11-9-16/h8-11,13-14,17H,5-7,12,15H2,1-4H3,(H,28,31). The lowest BCUT2D eigenvalue weighted by molar-refractivity contribution is 0.0964. The van der Waals surface area contributed by atoms with Gasteiger partial charge < -0.3 is 19.4 Å². The number of likely N-dealkylation sites (tertiary alicyclic amines) is 1. The summed E-state index contributed by atoms with van der Waals surface area (Å²) in [5.41, 5.74) is 2.00. The minimum atomic E-state index is -4.48. The van der Waals surface area contributed by atoms with Gasteiger partial charge >= 0.3 is 15.3 Å². The lowest BCUT2D eigenvalue weighted by Crippen LogP contribution is -2.38. The highest BCUT2D eigenvalue weighted by atomic mass is 32.2. The van der Waals surface area contributed by atoms with Gasteiger partial charge in [-0.3, -0.25) is 9.10 Å². The molecule has 9 nitrogen and oxygen atoms in total. The molecule has 11 heteroatoms. The third-order valence-electron chi connectivity index (χ3n) is 6.69. The van der Waals surface area contributed by atoms with E-state index in [0.717, 1.165) is 30.8 Å². The predicted molar refractivity (Wildman–Crippen MR) is 139 cm³/mol. The van der Waals surface area contributed by atoms with E-state index >= 15 is 0 Å². The molecule has 0 radical (unpaired) electrons. The van der Waals surface area contributed by atoms with Crippen LogP contribution in [0.4, 0.5) is 14.9 Å². The van der Waals surface area contributed by atoms with Crippen molar-refractivity contribution in [2.24, 2.45) is 0 Å². The second-order valence-electron chi connectivity index (χ2n) is 9.02. The molecule has 1 aliphatic rings. The quantitative estimate of drug-likeness (QED) is 0.472. The fraction of sp³-hybridized carbons (Fsp3) is 0.385. The van der Waals surface area contributed by atoms with Crippen LogP contribution in [0, 0.1) is 5.82 Å². The monoisotopic (exact) mass is 531 g/mol. The van der Waals surface area contributed by atoms with Crippen molar-refractivity contribution in [3.05, 3.63) is 53.3 Å². The first-order chi connectivity index (χ1) is 17.6. The molecule has 4 rings (SSSR count). The molecule has 1 aliphatic heterocycles. The number of piperidine rings is 1. The molecule has 1 saturated heterocycles. The van der Waals surface area contributed by atoms with E-state index in [0.29, 0.717) is 28.7 Å². The summed E-state index contributed by atoms with van der Waals surface area (Å²) >= 11 is 0. The van der Waals surface area contributed by atoms with Crippen LogP contribution in [-0.2, 0) is 14.8 Å². The van der Waals surface area contributed by atoms with Crippen molar-refractivity contribution in [2.45, 2.75) is 25.7 Å². The number of fused-ring (bicyclic) bond motifs is 1. The van der Waals surface area contributed by atoms with E-state index in [1.165, 1.54) is 31.3 Å². The number of amides is 1. The Hall–Kier alpha value is -3.44. The van der Waals surface area contributed by atoms with Crippen LogP contribution >= 0.6 is 0 Å². The number of halogens is 1. The van der Waals surface area contributed by atoms with Crippen molar-refractivity contribution < 1.29 is 31.6 Å². The third kappa shape index (κ3) is 4.93. The molecule has 0 aliphatic carbocycles. The number of rotatable bonds is 6. The number of methoxy groups -OCH3 is 1. The Morgan fingerprint density at radius 2 is 1.95 bits per heavy atom. The fourth-order valence-corrected chi connectivity index (χ4v) is 6.08. The van der Waals surface area contributed by atoms with E-state index in [-0.39, 0.29) is 29.4 Å². The topological polar surface area (TPSA) is 109 Å². The summed E-state index contributed by atoms with van der Waals surface area (Å²) in [7, 11) is 0.0324. The van der Waals surface area contributed by atoms with Crippen LogP contribution in [0.5, 0.6) is 0 Å². The summed E-state index contributed by atoms with van der Waals surface area (Å²) in [5.74, 6) is -0.648. The van der Waals surface area contributed by atoms with E-state index in [9.17, 15) is 22.4 Å². The zero-order chi connectivity index (χ0) is 26.9. The van der Waals surface area contributed by atoms with Gasteiger partial charge in [-0.25, -0.2) is 9.18 Å². The number of nitrogens with one attached hydrogen (secondary N) is 1. The first kappa shape index (κ1) is 26.6. The number of furan rings is 1. The molecular formula is C26H30FN3O6S. The second-order valence-corrected chi connectivity index (χ2v) is 10.7. The zero-order valence-electron chi connectivity index (χ0n) is 21.2. The molecule has 1 fully saturated rings. The van der Waals surface area contributed by atoms with Gasteiger partial charge in [0.2, 0.25) is 0 Å². The summed E-state index contributed by atoms with van der Waals surface area (Å²) in [5, 5.41) is 1.77. The fourth-order valence-electron chi connectivity index (χ4n) is 4.93. The van der Waals surface area contributed by atoms with Gasteiger partial charge in [-0.1, -0.05) is 0 Å². The maximum absolute atomic E-state index is 13.6. The smallest absolute Gasteiger partial charge is 0.445 e. The number of hydrogen-bond donors (Lipinski definition) is 1. The first-order valence-corrected chi connectivity index (χ1v) is 13.4. The highest BCUT2D eigenvalue weighted by molar-refractivity contribution is 8.06. The van der Waals surface area contributed by atoms with E-state index in [1.807, 2.05) is 7.05 Å². The van der Waals surface area contributed by atoms with Crippen molar-refractivity contribution in [2.75, 3.05) is 45.1 Å². The number of ether oxygens (including phenoxy) is 1. The molecule has 0 saturated carbocycles. The van der Waals surface area contributed by atoms with E-state index in [4.69, 9.17) is 4.42 Å². The molecule has 1 aromatic heterocycles. The van der Waals surface area contributed by atoms with Gasteiger partial charge in [0.25, 0.3) is 5.91 Å². The molecule has 1 unspecified atom stereocenters. The molecule has 0 spiro atoms. The molecule has 2 aromatic carbocycles. The van der Waals surface area contributed by atoms with Crippen molar-refractivity contribution in [1.29, 1.82) is 0 Å². The van der Waals surface area contributed by atoms with Gasteiger partial charge in [0.05, 0.1) is 18.4 Å². The SMILES string of the molecule is CCN(c1cc2oc(-c3ccc(F)cc3)c(C(=O)NC)c2cc1C1CCCN(C)C1)S(=O)(=O)C(=O)OC. The Bertz CT molecular complexity index is 1430. The molecule has 1 amide bonds. The third-order valence-corrected chi connectivity index (χ3v) is 8.31. The molecule has 3 aromatic rings. The highest BCUT2D eigenvalue weighted by Crippen LogP contribution is 2.42. The summed E-state index contributed by atoms with van der Waals surface area (Å²) in [6.07, 6.45) is 1.71. The van der Waals surface area contributed by atoms with Gasteiger partial charge in [0, 0.05) is 37.2 Å². The Morgan fingerprint density at radius 1 is 1.24 bits per heavy atom. The Balaban J connectivity index is 2.03. The summed E-state index contributed by atoms with van der Waals surface area (Å²) < 4.78 is 51.5. The van der Waals surface area contributed by atoms with E-state index in [2.05, 4.69) is 15.0 Å². The number of hydrogen-bond acceptors (Lipinski definition) is 7. The number of nitrogens with zero attached hydrogens (tertiary/aromatic N) is 2. The van der Waals surface area contributed by atoms with Crippen LogP contribution in [0.1, 0.15) is 41.6 Å². The summed E-state index contributed by atoms with van der Waals surface area (Å²) in [6, 6.07) is 8.90. The Kier molecular flexibility index (Phi) is 7.56. The summed E-state index contributed by atoms with van der Waals surface area (Å²) in [4.78, 5) is 27.4. The van der Waals surface area contributed by atoms with Crippen LogP contribution in [0.3, 0.4) is 0 Å². The average molecular weight is 532 g/mol. The normalized spacial score (nSPS) is 16.5. The molecular weight excluding hydrogens is 501 g/mol. The van der Waals surface area contributed by atoms with Gasteiger partial charge in [-0.2, -0.15) is 8.42 Å². The second kappa shape index (κ2) is 10.5. The molecule has 198 valence electrons. The molecule has 1 atom stereocenters. The van der Waals surface area contributed by atoms with Crippen molar-refractivity contribution in [3.8, 4) is 11.3 Å². The Labute approximate surface area is 215 Å². The predicted octanol–water partition coefficient (Wildman–Crippen LogP) is 4.33. The van der Waals surface area contributed by atoms with Gasteiger partial charge in [-0.05, 0) is 75.2 Å². The van der Waals surface area contributed by atoms with Crippen LogP contribution in [0.2, 0.25) is 0 Å². The largest absolute Gasteiger partial charge is 0.456 e. The van der Waals surface area contributed by atoms with Gasteiger partial charge in [0.1, 0.15) is 17.2 Å². The molecule has 1 N–H and O–H groups in total. The van der Waals surface area contributed by atoms with E-state index in [1.54, 1.807) is 19.1 Å². The molecule has 37 heavy (non-hydrogen) atoms. The first-order valence-electron chi connectivity index (χ1n) is 12.0. The number of anilines is 1. The highest BCUT2D eigenvalue weighted by Gasteiger charge is 2.35. The number of carbonyl (C=O) groups excluding carboxylic acids is 2. The maximum atomic E-state index is 13.6. The van der Waals surface area contributed by atoms with Crippen LogP contribution in [0.15, 0.2) is 40.8 Å². The van der Waals surface area contributed by atoms with E-state index < -0.39 is 27.0 Å². The minimum Gasteiger partial charge on any atom is -0.456 e. The number of likely N-dealkylation sites (N-methyl/N-ethyl adjacent to an activating group) is 1. The van der Waals surface area contributed by atoms with Crippen LogP contribution in [0.25, 0.3) is 22.3 Å². The number of benzene rings is 2.